The first-order chi connectivity index (χ1) is 7.96. The summed E-state index contributed by atoms with van der Waals surface area (Å²) in [6.45, 7) is 5.57. The molecule has 0 spiro atoms. The molecular weight excluding hydrogens is 234 g/mol. The standard InChI is InChI=1S/C13H15NO2S/c1-13(2,3)16-12(15)10-8-9-6-4-5-7-11(9)17-14-10/h4-7H,8H2,1-3H3. The zero-order chi connectivity index (χ0) is 12.5. The Hall–Kier alpha value is -1.29. The molecule has 1 aromatic carbocycles. The minimum Gasteiger partial charge on any atom is -0.455 e. The highest BCUT2D eigenvalue weighted by Crippen LogP contribution is 2.29. The predicted octanol–water partition coefficient (Wildman–Crippen LogP) is 3.03. The summed E-state index contributed by atoms with van der Waals surface area (Å²) in [5, 5.41) is 0. The Morgan fingerprint density at radius 3 is 2.76 bits per heavy atom. The summed E-state index contributed by atoms with van der Waals surface area (Å²) >= 11 is 1.34. The molecule has 0 bridgehead atoms. The summed E-state index contributed by atoms with van der Waals surface area (Å²) in [4.78, 5) is 13.0. The molecule has 0 N–H and O–H groups in total. The van der Waals surface area contributed by atoms with Gasteiger partial charge in [-0.25, -0.2) is 9.19 Å². The van der Waals surface area contributed by atoms with Crippen LogP contribution in [0.2, 0.25) is 0 Å². The van der Waals surface area contributed by atoms with Gasteiger partial charge >= 0.3 is 5.97 Å². The maximum Gasteiger partial charge on any atom is 0.354 e. The number of ether oxygens (including phenoxy) is 1. The Kier molecular flexibility index (Phi) is 3.24. The van der Waals surface area contributed by atoms with Gasteiger partial charge in [-0.15, -0.1) is 0 Å². The van der Waals surface area contributed by atoms with Crippen LogP contribution in [0.5, 0.6) is 0 Å². The van der Waals surface area contributed by atoms with Gasteiger partial charge in [-0.3, -0.25) is 0 Å². The molecule has 4 heteroatoms. The maximum absolute atomic E-state index is 11.9. The summed E-state index contributed by atoms with van der Waals surface area (Å²) in [6.07, 6.45) is 0.554. The van der Waals surface area contributed by atoms with Gasteiger partial charge in [0.2, 0.25) is 0 Å². The van der Waals surface area contributed by atoms with Crippen molar-refractivity contribution in [2.24, 2.45) is 4.40 Å². The van der Waals surface area contributed by atoms with Crippen LogP contribution in [0.1, 0.15) is 26.3 Å². The van der Waals surface area contributed by atoms with Gasteiger partial charge in [-0.05, 0) is 32.4 Å². The molecule has 0 radical (unpaired) electrons. The molecule has 0 aliphatic carbocycles. The highest BCUT2D eigenvalue weighted by molar-refractivity contribution is 7.98. The summed E-state index contributed by atoms with van der Waals surface area (Å²) < 4.78 is 9.52. The zero-order valence-electron chi connectivity index (χ0n) is 10.2. The van der Waals surface area contributed by atoms with Crippen molar-refractivity contribution in [2.45, 2.75) is 37.7 Å². The van der Waals surface area contributed by atoms with Crippen molar-refractivity contribution in [3.05, 3.63) is 29.8 Å². The van der Waals surface area contributed by atoms with Crippen molar-refractivity contribution < 1.29 is 9.53 Å². The quantitative estimate of drug-likeness (QED) is 0.567. The second-order valence-electron chi connectivity index (χ2n) is 4.92. The van der Waals surface area contributed by atoms with E-state index in [0.717, 1.165) is 10.5 Å². The van der Waals surface area contributed by atoms with Crippen molar-refractivity contribution >= 4 is 23.6 Å². The first kappa shape index (κ1) is 12.2. The van der Waals surface area contributed by atoms with Crippen molar-refractivity contribution in [1.82, 2.24) is 0 Å². The number of hydrogen-bond donors (Lipinski definition) is 0. The topological polar surface area (TPSA) is 38.7 Å². The lowest BCUT2D eigenvalue weighted by Gasteiger charge is -2.21. The lowest BCUT2D eigenvalue weighted by Crippen LogP contribution is -2.30. The van der Waals surface area contributed by atoms with Gasteiger partial charge in [-0.1, -0.05) is 18.2 Å². The van der Waals surface area contributed by atoms with E-state index in [0.29, 0.717) is 12.1 Å². The van der Waals surface area contributed by atoms with E-state index in [1.165, 1.54) is 11.9 Å². The Morgan fingerprint density at radius 1 is 1.35 bits per heavy atom. The highest BCUT2D eigenvalue weighted by Gasteiger charge is 2.24. The summed E-state index contributed by atoms with van der Waals surface area (Å²) in [7, 11) is 0. The fourth-order valence-corrected chi connectivity index (χ4v) is 2.25. The van der Waals surface area contributed by atoms with Crippen LogP contribution in [0.15, 0.2) is 33.6 Å². The van der Waals surface area contributed by atoms with Gasteiger partial charge in [0.15, 0.2) is 0 Å². The number of esters is 1. The average Bonchev–Trinajstić information content (AvgIpc) is 2.26. The Labute approximate surface area is 105 Å². The van der Waals surface area contributed by atoms with E-state index in [-0.39, 0.29) is 5.97 Å². The molecule has 0 unspecified atom stereocenters. The molecule has 17 heavy (non-hydrogen) atoms. The van der Waals surface area contributed by atoms with Crippen molar-refractivity contribution in [3.63, 3.8) is 0 Å². The summed E-state index contributed by atoms with van der Waals surface area (Å²) in [6, 6.07) is 7.97. The third-order valence-electron chi connectivity index (χ3n) is 2.22. The summed E-state index contributed by atoms with van der Waals surface area (Å²) in [5.74, 6) is -0.320. The van der Waals surface area contributed by atoms with Crippen LogP contribution < -0.4 is 0 Å². The second-order valence-corrected chi connectivity index (χ2v) is 5.72. The fourth-order valence-electron chi connectivity index (χ4n) is 1.50. The lowest BCUT2D eigenvalue weighted by atomic mass is 10.1. The van der Waals surface area contributed by atoms with Gasteiger partial charge in [0.25, 0.3) is 0 Å². The summed E-state index contributed by atoms with van der Waals surface area (Å²) in [5.41, 5.74) is 1.15. The van der Waals surface area contributed by atoms with Crippen LogP contribution in [0.4, 0.5) is 0 Å². The molecule has 0 atom stereocenters. The lowest BCUT2D eigenvalue weighted by molar-refractivity contribution is -0.146. The average molecular weight is 249 g/mol. The Morgan fingerprint density at radius 2 is 2.06 bits per heavy atom. The molecule has 90 valence electrons. The number of nitrogens with zero attached hydrogens (tertiary/aromatic N) is 1. The molecule has 0 amide bonds. The zero-order valence-corrected chi connectivity index (χ0v) is 11.0. The first-order valence-electron chi connectivity index (χ1n) is 5.51. The van der Waals surface area contributed by atoms with E-state index < -0.39 is 5.60 Å². The van der Waals surface area contributed by atoms with E-state index >= 15 is 0 Å². The SMILES string of the molecule is CC(C)(C)OC(=O)C1=NSc2ccccc2C1. The second kappa shape index (κ2) is 4.53. The smallest absolute Gasteiger partial charge is 0.354 e. The van der Waals surface area contributed by atoms with Gasteiger partial charge in [0.1, 0.15) is 11.3 Å². The molecule has 3 nitrogen and oxygen atoms in total. The van der Waals surface area contributed by atoms with Gasteiger partial charge < -0.3 is 4.74 Å². The maximum atomic E-state index is 11.9. The number of carbonyl (C=O) groups is 1. The number of rotatable bonds is 1. The van der Waals surface area contributed by atoms with Crippen LogP contribution in [0.25, 0.3) is 0 Å². The number of hydrogen-bond acceptors (Lipinski definition) is 4. The molecule has 2 rings (SSSR count). The third kappa shape index (κ3) is 3.09. The van der Waals surface area contributed by atoms with E-state index in [9.17, 15) is 4.79 Å². The van der Waals surface area contributed by atoms with E-state index in [2.05, 4.69) is 4.40 Å². The molecular formula is C13H15NO2S. The molecule has 1 aliphatic heterocycles. The predicted molar refractivity (Wildman–Crippen MR) is 69.3 cm³/mol. The van der Waals surface area contributed by atoms with Crippen LogP contribution >= 0.6 is 11.9 Å². The molecule has 1 aliphatic rings. The van der Waals surface area contributed by atoms with Crippen molar-refractivity contribution in [1.29, 1.82) is 0 Å². The largest absolute Gasteiger partial charge is 0.455 e. The first-order valence-corrected chi connectivity index (χ1v) is 6.28. The van der Waals surface area contributed by atoms with E-state index in [4.69, 9.17) is 4.74 Å². The van der Waals surface area contributed by atoms with Crippen LogP contribution in [-0.4, -0.2) is 17.3 Å². The van der Waals surface area contributed by atoms with Crippen molar-refractivity contribution in [3.8, 4) is 0 Å². The van der Waals surface area contributed by atoms with E-state index in [1.54, 1.807) is 0 Å². The Balaban J connectivity index is 2.12. The molecule has 0 saturated heterocycles. The van der Waals surface area contributed by atoms with Crippen LogP contribution in [-0.2, 0) is 16.0 Å². The van der Waals surface area contributed by atoms with Gasteiger partial charge in [-0.2, -0.15) is 0 Å². The minimum atomic E-state index is -0.471. The number of benzene rings is 1. The monoisotopic (exact) mass is 249 g/mol. The van der Waals surface area contributed by atoms with E-state index in [1.807, 2.05) is 45.0 Å². The van der Waals surface area contributed by atoms with Crippen LogP contribution in [0, 0.1) is 0 Å². The molecule has 0 aromatic heterocycles. The molecule has 1 heterocycles. The third-order valence-corrected chi connectivity index (χ3v) is 3.13. The normalized spacial score (nSPS) is 14.9. The van der Waals surface area contributed by atoms with Crippen LogP contribution in [0.3, 0.4) is 0 Å². The Bertz CT molecular complexity index is 475. The van der Waals surface area contributed by atoms with Gasteiger partial charge in [0.05, 0.1) is 0 Å². The minimum absolute atomic E-state index is 0.320. The van der Waals surface area contributed by atoms with Crippen molar-refractivity contribution in [2.75, 3.05) is 0 Å². The van der Waals surface area contributed by atoms with Gasteiger partial charge in [0, 0.05) is 23.3 Å². The molecule has 0 fully saturated rings. The fraction of sp³-hybridized carbons (Fsp3) is 0.385. The highest BCUT2D eigenvalue weighted by atomic mass is 32.2. The number of carbonyl (C=O) groups excluding carboxylic acids is 1. The number of fused-ring (bicyclic) bond motifs is 1. The molecule has 0 saturated carbocycles. The molecule has 1 aromatic rings.